The van der Waals surface area contributed by atoms with Crippen LogP contribution >= 0.6 is 15.9 Å². The maximum atomic E-state index is 10.4. The second kappa shape index (κ2) is 5.77. The number of carbonyl (C=O) groups is 1. The molecule has 0 fully saturated rings. The standard InChI is InChI=1S/C12H12BrN3O2/c13-8-3-4-10-9(6-8)12(16-7-15-10)14-5-1-2-11(17)18/h3-4,6-7H,1-2,5H2,(H,17,18)(H,14,15,16). The van der Waals surface area contributed by atoms with E-state index in [1.165, 1.54) is 6.33 Å². The van der Waals surface area contributed by atoms with Gasteiger partial charge in [0.05, 0.1) is 5.52 Å². The van der Waals surface area contributed by atoms with Crippen molar-refractivity contribution in [1.29, 1.82) is 0 Å². The highest BCUT2D eigenvalue weighted by Crippen LogP contribution is 2.23. The van der Waals surface area contributed by atoms with Crippen molar-refractivity contribution >= 4 is 38.6 Å². The van der Waals surface area contributed by atoms with Gasteiger partial charge in [0.25, 0.3) is 0 Å². The summed E-state index contributed by atoms with van der Waals surface area (Å²) in [6, 6.07) is 5.77. The Morgan fingerprint density at radius 2 is 2.22 bits per heavy atom. The number of nitrogens with one attached hydrogen (secondary N) is 1. The summed E-state index contributed by atoms with van der Waals surface area (Å²) in [6.07, 6.45) is 2.21. The lowest BCUT2D eigenvalue weighted by molar-refractivity contribution is -0.137. The predicted octanol–water partition coefficient (Wildman–Crippen LogP) is 2.67. The molecule has 0 bridgehead atoms. The number of nitrogens with zero attached hydrogens (tertiary/aromatic N) is 2. The van der Waals surface area contributed by atoms with E-state index in [2.05, 4.69) is 31.2 Å². The molecular formula is C12H12BrN3O2. The van der Waals surface area contributed by atoms with E-state index in [9.17, 15) is 4.79 Å². The number of benzene rings is 1. The summed E-state index contributed by atoms with van der Waals surface area (Å²) in [5.41, 5.74) is 0.855. The molecule has 2 N–H and O–H groups in total. The van der Waals surface area contributed by atoms with E-state index in [-0.39, 0.29) is 6.42 Å². The van der Waals surface area contributed by atoms with Gasteiger partial charge in [0.15, 0.2) is 0 Å². The van der Waals surface area contributed by atoms with Crippen LogP contribution in [0.3, 0.4) is 0 Å². The molecule has 6 heteroatoms. The molecule has 0 unspecified atom stereocenters. The number of carboxylic acid groups (broad SMARTS) is 1. The monoisotopic (exact) mass is 309 g/mol. The van der Waals surface area contributed by atoms with Crippen molar-refractivity contribution in [3.63, 3.8) is 0 Å². The Morgan fingerprint density at radius 3 is 3.00 bits per heavy atom. The quantitative estimate of drug-likeness (QED) is 0.831. The van der Waals surface area contributed by atoms with Gasteiger partial charge in [-0.25, -0.2) is 9.97 Å². The van der Waals surface area contributed by atoms with Crippen LogP contribution in [0, 0.1) is 0 Å². The Hall–Kier alpha value is -1.69. The molecule has 2 aromatic rings. The van der Waals surface area contributed by atoms with Gasteiger partial charge in [-0.05, 0) is 24.6 Å². The molecule has 18 heavy (non-hydrogen) atoms. The van der Waals surface area contributed by atoms with E-state index in [1.807, 2.05) is 18.2 Å². The fourth-order valence-corrected chi connectivity index (χ4v) is 1.98. The van der Waals surface area contributed by atoms with Gasteiger partial charge in [0, 0.05) is 22.8 Å². The summed E-state index contributed by atoms with van der Waals surface area (Å²) in [4.78, 5) is 18.8. The topological polar surface area (TPSA) is 75.1 Å². The molecule has 0 aliphatic rings. The van der Waals surface area contributed by atoms with Gasteiger partial charge in [0.2, 0.25) is 0 Å². The fraction of sp³-hybridized carbons (Fsp3) is 0.250. The maximum absolute atomic E-state index is 10.4. The second-order valence-corrected chi connectivity index (χ2v) is 4.72. The molecule has 0 aliphatic carbocycles. The van der Waals surface area contributed by atoms with E-state index < -0.39 is 5.97 Å². The third-order valence-electron chi connectivity index (χ3n) is 2.46. The highest BCUT2D eigenvalue weighted by Gasteiger charge is 2.04. The van der Waals surface area contributed by atoms with Crippen LogP contribution in [0.25, 0.3) is 10.9 Å². The van der Waals surface area contributed by atoms with Crippen molar-refractivity contribution in [2.24, 2.45) is 0 Å². The van der Waals surface area contributed by atoms with Gasteiger partial charge in [-0.15, -0.1) is 0 Å². The smallest absolute Gasteiger partial charge is 0.303 e. The molecule has 0 atom stereocenters. The third kappa shape index (κ3) is 3.16. The number of aliphatic carboxylic acids is 1. The summed E-state index contributed by atoms with van der Waals surface area (Å²) in [5, 5.41) is 12.6. The summed E-state index contributed by atoms with van der Waals surface area (Å²) in [6.45, 7) is 0.574. The third-order valence-corrected chi connectivity index (χ3v) is 2.95. The van der Waals surface area contributed by atoms with Crippen molar-refractivity contribution in [3.05, 3.63) is 29.0 Å². The number of carboxylic acids is 1. The Morgan fingerprint density at radius 1 is 1.39 bits per heavy atom. The van der Waals surface area contributed by atoms with Crippen LogP contribution in [0.2, 0.25) is 0 Å². The normalized spacial score (nSPS) is 10.5. The van der Waals surface area contributed by atoms with Crippen molar-refractivity contribution in [2.75, 3.05) is 11.9 Å². The molecule has 0 spiro atoms. The van der Waals surface area contributed by atoms with Crippen LogP contribution in [-0.4, -0.2) is 27.6 Å². The zero-order valence-corrected chi connectivity index (χ0v) is 11.1. The van der Waals surface area contributed by atoms with E-state index in [0.717, 1.165) is 21.2 Å². The van der Waals surface area contributed by atoms with Gasteiger partial charge >= 0.3 is 5.97 Å². The van der Waals surface area contributed by atoms with Crippen LogP contribution in [0.15, 0.2) is 29.0 Å². The molecule has 1 heterocycles. The molecule has 1 aromatic heterocycles. The van der Waals surface area contributed by atoms with Crippen LogP contribution in [0.1, 0.15) is 12.8 Å². The molecule has 0 saturated carbocycles. The number of anilines is 1. The zero-order valence-electron chi connectivity index (χ0n) is 9.56. The molecule has 2 rings (SSSR count). The first-order valence-electron chi connectivity index (χ1n) is 5.53. The number of rotatable bonds is 5. The van der Waals surface area contributed by atoms with Crippen LogP contribution < -0.4 is 5.32 Å². The highest BCUT2D eigenvalue weighted by molar-refractivity contribution is 9.10. The lowest BCUT2D eigenvalue weighted by atomic mass is 10.2. The average molecular weight is 310 g/mol. The SMILES string of the molecule is O=C(O)CCCNc1ncnc2ccc(Br)cc12. The Balaban J connectivity index is 2.12. The number of fused-ring (bicyclic) bond motifs is 1. The summed E-state index contributed by atoms with van der Waals surface area (Å²) in [7, 11) is 0. The van der Waals surface area contributed by atoms with Crippen LogP contribution in [-0.2, 0) is 4.79 Å². The first-order valence-corrected chi connectivity index (χ1v) is 6.32. The molecule has 0 saturated heterocycles. The van der Waals surface area contributed by atoms with Gasteiger partial charge < -0.3 is 10.4 Å². The van der Waals surface area contributed by atoms with Crippen molar-refractivity contribution in [1.82, 2.24) is 9.97 Å². The van der Waals surface area contributed by atoms with Crippen LogP contribution in [0.5, 0.6) is 0 Å². The maximum Gasteiger partial charge on any atom is 0.303 e. The van der Waals surface area contributed by atoms with Gasteiger partial charge in [-0.1, -0.05) is 15.9 Å². The highest BCUT2D eigenvalue weighted by atomic mass is 79.9. The first-order chi connectivity index (χ1) is 8.66. The number of halogens is 1. The zero-order chi connectivity index (χ0) is 13.0. The Labute approximate surface area is 112 Å². The summed E-state index contributed by atoms with van der Waals surface area (Å²) in [5.74, 6) is -0.0567. The second-order valence-electron chi connectivity index (χ2n) is 3.81. The van der Waals surface area contributed by atoms with Crippen LogP contribution in [0.4, 0.5) is 5.82 Å². The van der Waals surface area contributed by atoms with Crippen molar-refractivity contribution in [2.45, 2.75) is 12.8 Å². The molecular weight excluding hydrogens is 298 g/mol. The number of aromatic nitrogens is 2. The summed E-state index contributed by atoms with van der Waals surface area (Å²) < 4.78 is 0.957. The summed E-state index contributed by atoms with van der Waals surface area (Å²) >= 11 is 3.41. The van der Waals surface area contributed by atoms with E-state index in [1.54, 1.807) is 0 Å². The average Bonchev–Trinajstić information content (AvgIpc) is 2.34. The minimum Gasteiger partial charge on any atom is -0.481 e. The predicted molar refractivity (Wildman–Crippen MR) is 72.6 cm³/mol. The van der Waals surface area contributed by atoms with Crippen molar-refractivity contribution < 1.29 is 9.90 Å². The van der Waals surface area contributed by atoms with Gasteiger partial charge in [0.1, 0.15) is 12.1 Å². The lowest BCUT2D eigenvalue weighted by Gasteiger charge is -2.07. The van der Waals surface area contributed by atoms with E-state index in [4.69, 9.17) is 5.11 Å². The largest absolute Gasteiger partial charge is 0.481 e. The Kier molecular flexibility index (Phi) is 4.09. The minimum absolute atomic E-state index is 0.152. The number of hydrogen-bond acceptors (Lipinski definition) is 4. The lowest BCUT2D eigenvalue weighted by Crippen LogP contribution is -2.06. The molecule has 1 aromatic carbocycles. The van der Waals surface area contributed by atoms with E-state index in [0.29, 0.717) is 13.0 Å². The van der Waals surface area contributed by atoms with E-state index >= 15 is 0 Å². The molecule has 0 radical (unpaired) electrons. The molecule has 0 aliphatic heterocycles. The molecule has 94 valence electrons. The molecule has 0 amide bonds. The number of hydrogen-bond donors (Lipinski definition) is 2. The van der Waals surface area contributed by atoms with Crippen molar-refractivity contribution in [3.8, 4) is 0 Å². The Bertz CT molecular complexity index is 574. The first kappa shape index (κ1) is 12.8. The molecule has 5 nitrogen and oxygen atoms in total. The minimum atomic E-state index is -0.785. The van der Waals surface area contributed by atoms with Gasteiger partial charge in [-0.3, -0.25) is 4.79 Å². The van der Waals surface area contributed by atoms with Gasteiger partial charge in [-0.2, -0.15) is 0 Å². The fourth-order valence-electron chi connectivity index (χ4n) is 1.62.